The highest BCUT2D eigenvalue weighted by atomic mass is 16.4. The van der Waals surface area contributed by atoms with Gasteiger partial charge in [0.2, 0.25) is 5.91 Å². The van der Waals surface area contributed by atoms with Crippen molar-refractivity contribution in [3.8, 4) is 11.3 Å². The first kappa shape index (κ1) is 14.3. The lowest BCUT2D eigenvalue weighted by Crippen LogP contribution is -2.26. The molecule has 0 fully saturated rings. The third-order valence-corrected chi connectivity index (χ3v) is 3.84. The van der Waals surface area contributed by atoms with Crippen molar-refractivity contribution in [1.29, 1.82) is 0 Å². The maximum absolute atomic E-state index is 11.1. The molecule has 22 heavy (non-hydrogen) atoms. The Morgan fingerprint density at radius 1 is 1.32 bits per heavy atom. The zero-order chi connectivity index (χ0) is 15.7. The molecule has 1 atom stereocenters. The lowest BCUT2D eigenvalue weighted by molar-refractivity contribution is -0.142. The van der Waals surface area contributed by atoms with Gasteiger partial charge in [0.15, 0.2) is 0 Å². The number of aliphatic carboxylic acids is 1. The van der Waals surface area contributed by atoms with Gasteiger partial charge < -0.3 is 15.0 Å². The van der Waals surface area contributed by atoms with Gasteiger partial charge in [-0.25, -0.2) is 4.98 Å². The first-order valence-electron chi connectivity index (χ1n) is 7.20. The van der Waals surface area contributed by atoms with E-state index in [0.717, 1.165) is 22.8 Å². The van der Waals surface area contributed by atoms with Gasteiger partial charge in [0.25, 0.3) is 0 Å². The van der Waals surface area contributed by atoms with Gasteiger partial charge in [-0.2, -0.15) is 0 Å². The van der Waals surface area contributed by atoms with Crippen molar-refractivity contribution in [2.75, 3.05) is 5.32 Å². The highest BCUT2D eigenvalue weighted by Crippen LogP contribution is 2.26. The number of benzene rings is 1. The number of carboxylic acid groups (broad SMARTS) is 1. The first-order valence-corrected chi connectivity index (χ1v) is 7.20. The summed E-state index contributed by atoms with van der Waals surface area (Å²) in [6.45, 7) is 1.94. The Balaban J connectivity index is 1.82. The number of rotatable bonds is 3. The van der Waals surface area contributed by atoms with E-state index in [2.05, 4.69) is 10.3 Å². The van der Waals surface area contributed by atoms with Crippen LogP contribution in [0.4, 0.5) is 5.69 Å². The topological polar surface area (TPSA) is 84.2 Å². The first-order chi connectivity index (χ1) is 10.5. The Bertz CT molecular complexity index is 719. The summed E-state index contributed by atoms with van der Waals surface area (Å²) in [5.41, 5.74) is 2.52. The number of amides is 1. The number of aromatic nitrogens is 2. The van der Waals surface area contributed by atoms with Gasteiger partial charge in [0.1, 0.15) is 5.82 Å². The maximum Gasteiger partial charge on any atom is 0.308 e. The Kier molecular flexibility index (Phi) is 3.66. The van der Waals surface area contributed by atoms with Crippen LogP contribution in [0.5, 0.6) is 0 Å². The number of anilines is 1. The number of aryl methyl sites for hydroxylation is 1. The maximum atomic E-state index is 11.1. The second kappa shape index (κ2) is 5.63. The quantitative estimate of drug-likeness (QED) is 0.909. The van der Waals surface area contributed by atoms with Crippen molar-refractivity contribution in [2.24, 2.45) is 5.92 Å². The van der Waals surface area contributed by atoms with E-state index in [-0.39, 0.29) is 11.8 Å². The summed E-state index contributed by atoms with van der Waals surface area (Å²) in [6, 6.07) is 7.45. The van der Waals surface area contributed by atoms with E-state index in [9.17, 15) is 9.59 Å². The molecular formula is C16H17N3O3. The highest BCUT2D eigenvalue weighted by Gasteiger charge is 2.25. The minimum atomic E-state index is -0.749. The molecule has 1 aromatic carbocycles. The Labute approximate surface area is 127 Å². The summed E-state index contributed by atoms with van der Waals surface area (Å²) in [7, 11) is 0. The van der Waals surface area contributed by atoms with Crippen LogP contribution >= 0.6 is 0 Å². The third-order valence-electron chi connectivity index (χ3n) is 3.84. The van der Waals surface area contributed by atoms with Gasteiger partial charge in [-0.3, -0.25) is 9.59 Å². The Hall–Kier alpha value is -2.63. The van der Waals surface area contributed by atoms with Crippen LogP contribution in [0, 0.1) is 5.92 Å². The second-order valence-corrected chi connectivity index (χ2v) is 5.53. The SMILES string of the molecule is CC(=O)Nc1ccc(-c2cn3c(n2)CCC(C(=O)O)C3)cc1. The van der Waals surface area contributed by atoms with Crippen LogP contribution in [-0.4, -0.2) is 26.5 Å². The minimum absolute atomic E-state index is 0.107. The fraction of sp³-hybridized carbons (Fsp3) is 0.312. The van der Waals surface area contributed by atoms with Crippen LogP contribution in [0.1, 0.15) is 19.2 Å². The van der Waals surface area contributed by atoms with E-state index in [1.807, 2.05) is 35.0 Å². The molecule has 0 bridgehead atoms. The van der Waals surface area contributed by atoms with Crippen LogP contribution in [0.15, 0.2) is 30.5 Å². The van der Waals surface area contributed by atoms with Crippen molar-refractivity contribution in [2.45, 2.75) is 26.3 Å². The molecule has 6 nitrogen and oxygen atoms in total. The largest absolute Gasteiger partial charge is 0.481 e. The van der Waals surface area contributed by atoms with Crippen LogP contribution in [0.3, 0.4) is 0 Å². The van der Waals surface area contributed by atoms with Gasteiger partial charge in [-0.1, -0.05) is 12.1 Å². The number of nitrogens with one attached hydrogen (secondary N) is 1. The van der Waals surface area contributed by atoms with E-state index in [1.165, 1.54) is 6.92 Å². The summed E-state index contributed by atoms with van der Waals surface area (Å²) in [5, 5.41) is 11.8. The molecule has 0 saturated heterocycles. The number of imidazole rings is 1. The average molecular weight is 299 g/mol. The summed E-state index contributed by atoms with van der Waals surface area (Å²) in [6.07, 6.45) is 3.21. The monoisotopic (exact) mass is 299 g/mol. The number of carbonyl (C=O) groups excluding carboxylic acids is 1. The molecule has 3 rings (SSSR count). The molecule has 0 saturated carbocycles. The van der Waals surface area contributed by atoms with E-state index >= 15 is 0 Å². The molecule has 2 aromatic rings. The summed E-state index contributed by atoms with van der Waals surface area (Å²) < 4.78 is 1.93. The predicted molar refractivity (Wildman–Crippen MR) is 81.4 cm³/mol. The number of fused-ring (bicyclic) bond motifs is 1. The van der Waals surface area contributed by atoms with E-state index in [0.29, 0.717) is 19.4 Å². The van der Waals surface area contributed by atoms with Crippen LogP contribution in [0.25, 0.3) is 11.3 Å². The van der Waals surface area contributed by atoms with E-state index in [1.54, 1.807) is 0 Å². The molecule has 2 heterocycles. The fourth-order valence-corrected chi connectivity index (χ4v) is 2.71. The van der Waals surface area contributed by atoms with Crippen molar-refractivity contribution in [3.63, 3.8) is 0 Å². The molecule has 1 amide bonds. The minimum Gasteiger partial charge on any atom is -0.481 e. The van der Waals surface area contributed by atoms with Crippen LogP contribution < -0.4 is 5.32 Å². The van der Waals surface area contributed by atoms with E-state index in [4.69, 9.17) is 5.11 Å². The summed E-state index contributed by atoms with van der Waals surface area (Å²) >= 11 is 0. The smallest absolute Gasteiger partial charge is 0.308 e. The molecule has 0 spiro atoms. The van der Waals surface area contributed by atoms with Crippen LogP contribution in [0.2, 0.25) is 0 Å². The molecule has 0 radical (unpaired) electrons. The summed E-state index contributed by atoms with van der Waals surface area (Å²) in [4.78, 5) is 26.7. The fourth-order valence-electron chi connectivity index (χ4n) is 2.71. The number of carboxylic acids is 1. The molecular weight excluding hydrogens is 282 g/mol. The highest BCUT2D eigenvalue weighted by molar-refractivity contribution is 5.88. The Morgan fingerprint density at radius 2 is 2.05 bits per heavy atom. The van der Waals surface area contributed by atoms with Crippen molar-refractivity contribution < 1.29 is 14.7 Å². The zero-order valence-corrected chi connectivity index (χ0v) is 12.2. The molecule has 114 valence electrons. The van der Waals surface area contributed by atoms with Crippen molar-refractivity contribution in [1.82, 2.24) is 9.55 Å². The Morgan fingerprint density at radius 3 is 2.68 bits per heavy atom. The number of carbonyl (C=O) groups is 2. The van der Waals surface area contributed by atoms with Gasteiger partial charge in [0, 0.05) is 37.3 Å². The summed E-state index contributed by atoms with van der Waals surface area (Å²) in [5.74, 6) is -0.263. The molecule has 1 aliphatic heterocycles. The lowest BCUT2D eigenvalue weighted by atomic mass is 10.00. The third kappa shape index (κ3) is 2.86. The zero-order valence-electron chi connectivity index (χ0n) is 12.2. The van der Waals surface area contributed by atoms with Crippen molar-refractivity contribution in [3.05, 3.63) is 36.3 Å². The number of nitrogens with zero attached hydrogens (tertiary/aromatic N) is 2. The number of hydrogen-bond acceptors (Lipinski definition) is 3. The second-order valence-electron chi connectivity index (χ2n) is 5.53. The normalized spacial score (nSPS) is 16.9. The van der Waals surface area contributed by atoms with Crippen LogP contribution in [-0.2, 0) is 22.6 Å². The van der Waals surface area contributed by atoms with Crippen molar-refractivity contribution >= 4 is 17.6 Å². The van der Waals surface area contributed by atoms with Gasteiger partial charge >= 0.3 is 5.97 Å². The molecule has 2 N–H and O–H groups in total. The number of hydrogen-bond donors (Lipinski definition) is 2. The van der Waals surface area contributed by atoms with Gasteiger partial charge in [-0.05, 0) is 18.6 Å². The van der Waals surface area contributed by atoms with E-state index < -0.39 is 5.97 Å². The molecule has 1 aromatic heterocycles. The molecule has 1 aliphatic rings. The molecule has 0 aliphatic carbocycles. The molecule has 1 unspecified atom stereocenters. The average Bonchev–Trinajstić information content (AvgIpc) is 2.90. The predicted octanol–water partition coefficient (Wildman–Crippen LogP) is 2.16. The standard InChI is InChI=1S/C16H17N3O3/c1-10(20)17-13-5-2-11(3-6-13)14-9-19-8-12(16(21)22)4-7-15(19)18-14/h2-3,5-6,9,12H,4,7-8H2,1H3,(H,17,20)(H,21,22). The molecule has 6 heteroatoms. The van der Waals surface area contributed by atoms with Gasteiger partial charge in [0.05, 0.1) is 11.6 Å². The van der Waals surface area contributed by atoms with Gasteiger partial charge in [-0.15, -0.1) is 0 Å². The lowest BCUT2D eigenvalue weighted by Gasteiger charge is -2.19.